The summed E-state index contributed by atoms with van der Waals surface area (Å²) < 4.78 is 23.6. The van der Waals surface area contributed by atoms with Crippen LogP contribution in [0.2, 0.25) is 0 Å². The average Bonchev–Trinajstić information content (AvgIpc) is 2.49. The van der Waals surface area contributed by atoms with Crippen LogP contribution >= 0.6 is 0 Å². The zero-order valence-electron chi connectivity index (χ0n) is 13.7. The van der Waals surface area contributed by atoms with Gasteiger partial charge in [-0.05, 0) is 42.7 Å². The first-order valence-corrected chi connectivity index (χ1v) is 9.43. The van der Waals surface area contributed by atoms with Crippen molar-refractivity contribution in [1.29, 1.82) is 0 Å². The molecular weight excluding hydrogens is 310 g/mol. The summed E-state index contributed by atoms with van der Waals surface area (Å²) in [7, 11) is -3.26. The number of rotatable bonds is 6. The Bertz CT molecular complexity index is 785. The van der Waals surface area contributed by atoms with Crippen molar-refractivity contribution in [2.75, 3.05) is 19.4 Å². The van der Waals surface area contributed by atoms with Gasteiger partial charge in [-0.3, -0.25) is 0 Å². The lowest BCUT2D eigenvalue weighted by Crippen LogP contribution is -2.26. The fraction of sp³-hybridized carbons (Fsp3) is 0.333. The van der Waals surface area contributed by atoms with E-state index in [1.54, 1.807) is 18.2 Å². The summed E-state index contributed by atoms with van der Waals surface area (Å²) >= 11 is 0. The van der Waals surface area contributed by atoms with Gasteiger partial charge < -0.3 is 10.4 Å². The largest absolute Gasteiger partial charge is 0.395 e. The molecule has 1 unspecified atom stereocenters. The number of aliphatic hydroxyl groups is 1. The fourth-order valence-corrected chi connectivity index (χ4v) is 3.37. The Morgan fingerprint density at radius 2 is 1.87 bits per heavy atom. The molecule has 23 heavy (non-hydrogen) atoms. The normalized spacial score (nSPS) is 13.0. The van der Waals surface area contributed by atoms with E-state index < -0.39 is 9.84 Å². The molecule has 2 rings (SSSR count). The summed E-state index contributed by atoms with van der Waals surface area (Å²) in [5, 5.41) is 12.4. The van der Waals surface area contributed by atoms with E-state index in [4.69, 9.17) is 5.11 Å². The van der Waals surface area contributed by atoms with Gasteiger partial charge in [0.05, 0.1) is 17.5 Å². The summed E-state index contributed by atoms with van der Waals surface area (Å²) in [6.45, 7) is 4.53. The van der Waals surface area contributed by atoms with E-state index in [2.05, 4.69) is 11.4 Å². The Morgan fingerprint density at radius 1 is 1.13 bits per heavy atom. The Hall–Kier alpha value is -1.69. The number of benzene rings is 2. The average molecular weight is 333 g/mol. The minimum atomic E-state index is -3.26. The molecule has 0 saturated carbocycles. The number of aryl methyl sites for hydroxylation is 2. The molecule has 1 atom stereocenters. The highest BCUT2D eigenvalue weighted by molar-refractivity contribution is 7.90. The molecular formula is C18H23NO3S. The van der Waals surface area contributed by atoms with Gasteiger partial charge >= 0.3 is 0 Å². The third-order valence-electron chi connectivity index (χ3n) is 3.82. The van der Waals surface area contributed by atoms with Crippen molar-refractivity contribution in [2.24, 2.45) is 0 Å². The minimum absolute atomic E-state index is 0.0210. The van der Waals surface area contributed by atoms with Crippen molar-refractivity contribution >= 4 is 9.84 Å². The van der Waals surface area contributed by atoms with E-state index in [-0.39, 0.29) is 12.6 Å². The van der Waals surface area contributed by atoms with E-state index in [1.807, 2.05) is 32.0 Å². The predicted molar refractivity (Wildman–Crippen MR) is 92.4 cm³/mol. The van der Waals surface area contributed by atoms with Crippen LogP contribution in [0, 0.1) is 13.8 Å². The molecule has 2 aromatic carbocycles. The molecule has 0 aliphatic rings. The topological polar surface area (TPSA) is 66.4 Å². The molecule has 0 amide bonds. The second-order valence-corrected chi connectivity index (χ2v) is 7.83. The van der Waals surface area contributed by atoms with Crippen LogP contribution in [-0.2, 0) is 9.84 Å². The second-order valence-electron chi connectivity index (χ2n) is 5.82. The van der Waals surface area contributed by atoms with Crippen LogP contribution in [0.1, 0.15) is 28.3 Å². The lowest BCUT2D eigenvalue weighted by molar-refractivity contribution is 0.288. The lowest BCUT2D eigenvalue weighted by atomic mass is 9.94. The lowest BCUT2D eigenvalue weighted by Gasteiger charge is -2.22. The molecule has 0 bridgehead atoms. The standard InChI is InChI=1S/C18H23NO3S/c1-13-7-8-17(14(2)11-13)18(19-9-10-20)15-5-4-6-16(12-15)23(3,21)22/h4-8,11-12,18-20H,9-10H2,1-3H3. The highest BCUT2D eigenvalue weighted by atomic mass is 32.2. The van der Waals surface area contributed by atoms with Gasteiger partial charge in [0.1, 0.15) is 0 Å². The SMILES string of the molecule is Cc1ccc(C(NCCO)c2cccc(S(C)(=O)=O)c2)c(C)c1. The Morgan fingerprint density at radius 3 is 2.48 bits per heavy atom. The van der Waals surface area contributed by atoms with Crippen LogP contribution in [0.25, 0.3) is 0 Å². The van der Waals surface area contributed by atoms with E-state index in [0.29, 0.717) is 11.4 Å². The van der Waals surface area contributed by atoms with E-state index in [9.17, 15) is 8.42 Å². The molecule has 2 N–H and O–H groups in total. The van der Waals surface area contributed by atoms with Gasteiger partial charge in [-0.1, -0.05) is 35.9 Å². The number of hydrogen-bond acceptors (Lipinski definition) is 4. The predicted octanol–water partition coefficient (Wildman–Crippen LogP) is 2.38. The van der Waals surface area contributed by atoms with Gasteiger partial charge in [-0.15, -0.1) is 0 Å². The molecule has 0 aliphatic carbocycles. The van der Waals surface area contributed by atoms with Crippen molar-refractivity contribution in [2.45, 2.75) is 24.8 Å². The van der Waals surface area contributed by atoms with Crippen LogP contribution in [0.5, 0.6) is 0 Å². The van der Waals surface area contributed by atoms with Crippen molar-refractivity contribution in [3.63, 3.8) is 0 Å². The minimum Gasteiger partial charge on any atom is -0.395 e. The number of hydrogen-bond donors (Lipinski definition) is 2. The van der Waals surface area contributed by atoms with Crippen molar-refractivity contribution in [3.05, 3.63) is 64.7 Å². The highest BCUT2D eigenvalue weighted by Gasteiger charge is 2.17. The smallest absolute Gasteiger partial charge is 0.175 e. The summed E-state index contributed by atoms with van der Waals surface area (Å²) in [4.78, 5) is 0.301. The van der Waals surface area contributed by atoms with Crippen molar-refractivity contribution in [3.8, 4) is 0 Å². The summed E-state index contributed by atoms with van der Waals surface area (Å²) in [6.07, 6.45) is 1.21. The van der Waals surface area contributed by atoms with Gasteiger partial charge in [0, 0.05) is 12.8 Å². The zero-order valence-corrected chi connectivity index (χ0v) is 14.5. The first-order valence-electron chi connectivity index (χ1n) is 7.54. The molecule has 4 nitrogen and oxygen atoms in total. The molecule has 124 valence electrons. The molecule has 0 spiro atoms. The molecule has 0 radical (unpaired) electrons. The molecule has 0 fully saturated rings. The number of aliphatic hydroxyl groups excluding tert-OH is 1. The fourth-order valence-electron chi connectivity index (χ4n) is 2.69. The first kappa shape index (κ1) is 17.7. The van der Waals surface area contributed by atoms with Crippen LogP contribution in [0.4, 0.5) is 0 Å². The summed E-state index contributed by atoms with van der Waals surface area (Å²) in [5.74, 6) is 0. The monoisotopic (exact) mass is 333 g/mol. The maximum Gasteiger partial charge on any atom is 0.175 e. The molecule has 5 heteroatoms. The Labute approximate surface area is 138 Å². The van der Waals surface area contributed by atoms with Crippen LogP contribution in [-0.4, -0.2) is 32.9 Å². The molecule has 0 saturated heterocycles. The van der Waals surface area contributed by atoms with Gasteiger partial charge in [0.2, 0.25) is 0 Å². The van der Waals surface area contributed by atoms with E-state index >= 15 is 0 Å². The summed E-state index contributed by atoms with van der Waals surface area (Å²) in [5.41, 5.74) is 4.25. The van der Waals surface area contributed by atoms with Gasteiger partial charge in [-0.2, -0.15) is 0 Å². The van der Waals surface area contributed by atoms with Gasteiger partial charge in [-0.25, -0.2) is 8.42 Å². The third kappa shape index (κ3) is 4.41. The zero-order chi connectivity index (χ0) is 17.0. The van der Waals surface area contributed by atoms with Crippen molar-refractivity contribution < 1.29 is 13.5 Å². The molecule has 0 heterocycles. The van der Waals surface area contributed by atoms with Crippen LogP contribution < -0.4 is 5.32 Å². The quantitative estimate of drug-likeness (QED) is 0.852. The third-order valence-corrected chi connectivity index (χ3v) is 4.93. The van der Waals surface area contributed by atoms with E-state index in [0.717, 1.165) is 16.7 Å². The molecule has 2 aromatic rings. The number of sulfone groups is 1. The summed E-state index contributed by atoms with van der Waals surface area (Å²) in [6, 6.07) is 13.0. The first-order chi connectivity index (χ1) is 10.8. The Balaban J connectivity index is 2.51. The molecule has 0 aliphatic heterocycles. The van der Waals surface area contributed by atoms with Crippen LogP contribution in [0.15, 0.2) is 47.4 Å². The maximum absolute atomic E-state index is 11.8. The second kappa shape index (κ2) is 7.25. The Kier molecular flexibility index (Phi) is 5.57. The maximum atomic E-state index is 11.8. The highest BCUT2D eigenvalue weighted by Crippen LogP contribution is 2.27. The number of nitrogens with one attached hydrogen (secondary N) is 1. The van der Waals surface area contributed by atoms with Gasteiger partial charge in [0.25, 0.3) is 0 Å². The van der Waals surface area contributed by atoms with Gasteiger partial charge in [0.15, 0.2) is 9.84 Å². The van der Waals surface area contributed by atoms with Crippen molar-refractivity contribution in [1.82, 2.24) is 5.32 Å². The van der Waals surface area contributed by atoms with E-state index in [1.165, 1.54) is 11.8 Å². The van der Waals surface area contributed by atoms with Crippen LogP contribution in [0.3, 0.4) is 0 Å². The molecule has 0 aromatic heterocycles.